The fourth-order valence-corrected chi connectivity index (χ4v) is 3.15. The lowest BCUT2D eigenvalue weighted by molar-refractivity contribution is -0.116. The zero-order chi connectivity index (χ0) is 18.8. The SMILES string of the molecule is Cc1noc(C)c1CCC(=O)Nc1cccc(-c2cn3ccccc3n2)c1. The van der Waals surface area contributed by atoms with Gasteiger partial charge in [-0.15, -0.1) is 0 Å². The highest BCUT2D eigenvalue weighted by Gasteiger charge is 2.12. The minimum absolute atomic E-state index is 0.0397. The molecule has 0 aliphatic carbocycles. The number of aryl methyl sites for hydroxylation is 2. The van der Waals surface area contributed by atoms with Gasteiger partial charge in [0.15, 0.2) is 0 Å². The zero-order valence-electron chi connectivity index (χ0n) is 15.3. The summed E-state index contributed by atoms with van der Waals surface area (Å²) in [5, 5.41) is 6.89. The molecule has 27 heavy (non-hydrogen) atoms. The predicted octanol–water partition coefficient (Wildman–Crippen LogP) is 4.18. The average Bonchev–Trinajstić information content (AvgIpc) is 3.24. The molecule has 0 atom stereocenters. The van der Waals surface area contributed by atoms with Gasteiger partial charge >= 0.3 is 0 Å². The van der Waals surface area contributed by atoms with Gasteiger partial charge in [0.25, 0.3) is 0 Å². The molecule has 0 unspecified atom stereocenters. The van der Waals surface area contributed by atoms with Gasteiger partial charge in [0.05, 0.1) is 11.4 Å². The van der Waals surface area contributed by atoms with E-state index in [2.05, 4.69) is 15.5 Å². The molecule has 0 aliphatic rings. The molecule has 0 fully saturated rings. The Morgan fingerprint density at radius 3 is 2.85 bits per heavy atom. The van der Waals surface area contributed by atoms with Gasteiger partial charge in [0, 0.05) is 35.6 Å². The quantitative estimate of drug-likeness (QED) is 0.579. The molecule has 0 bridgehead atoms. The van der Waals surface area contributed by atoms with Gasteiger partial charge in [-0.3, -0.25) is 4.79 Å². The zero-order valence-corrected chi connectivity index (χ0v) is 15.3. The largest absolute Gasteiger partial charge is 0.361 e. The topological polar surface area (TPSA) is 72.4 Å². The molecule has 4 aromatic rings. The number of aromatic nitrogens is 3. The standard InChI is InChI=1S/C21H20N4O2/c1-14-18(15(2)27-24-14)9-10-21(26)22-17-7-5-6-16(12-17)19-13-25-11-4-3-8-20(25)23-19/h3-8,11-13H,9-10H2,1-2H3,(H,22,26). The normalized spacial score (nSPS) is 11.0. The van der Waals surface area contributed by atoms with Gasteiger partial charge in [-0.25, -0.2) is 4.98 Å². The van der Waals surface area contributed by atoms with Crippen LogP contribution in [0.2, 0.25) is 0 Å². The number of carbonyl (C=O) groups is 1. The fourth-order valence-electron chi connectivity index (χ4n) is 3.15. The third kappa shape index (κ3) is 3.60. The first-order valence-corrected chi connectivity index (χ1v) is 8.86. The maximum atomic E-state index is 12.3. The number of carbonyl (C=O) groups excluding carboxylic acids is 1. The number of nitrogens with one attached hydrogen (secondary N) is 1. The van der Waals surface area contributed by atoms with E-state index in [0.717, 1.165) is 39.6 Å². The molecule has 1 aromatic carbocycles. The van der Waals surface area contributed by atoms with Gasteiger partial charge in [-0.2, -0.15) is 0 Å². The number of amides is 1. The lowest BCUT2D eigenvalue weighted by atomic mass is 10.1. The first-order valence-electron chi connectivity index (χ1n) is 8.86. The van der Waals surface area contributed by atoms with Crippen molar-refractivity contribution < 1.29 is 9.32 Å². The summed E-state index contributed by atoms with van der Waals surface area (Å²) in [6.45, 7) is 3.76. The first kappa shape index (κ1) is 17.0. The average molecular weight is 360 g/mol. The van der Waals surface area contributed by atoms with Crippen LogP contribution in [0.1, 0.15) is 23.4 Å². The van der Waals surface area contributed by atoms with Crippen molar-refractivity contribution in [1.29, 1.82) is 0 Å². The molecule has 0 saturated carbocycles. The first-order chi connectivity index (χ1) is 13.1. The molecule has 1 amide bonds. The monoisotopic (exact) mass is 360 g/mol. The third-order valence-electron chi connectivity index (χ3n) is 4.59. The Morgan fingerprint density at radius 1 is 1.19 bits per heavy atom. The van der Waals surface area contributed by atoms with Crippen LogP contribution in [-0.4, -0.2) is 20.4 Å². The van der Waals surface area contributed by atoms with E-state index in [0.29, 0.717) is 12.8 Å². The van der Waals surface area contributed by atoms with E-state index < -0.39 is 0 Å². The lowest BCUT2D eigenvalue weighted by Crippen LogP contribution is -2.12. The van der Waals surface area contributed by atoms with E-state index in [1.165, 1.54) is 0 Å². The summed E-state index contributed by atoms with van der Waals surface area (Å²) in [6, 6.07) is 13.6. The van der Waals surface area contributed by atoms with Crippen LogP contribution in [0.4, 0.5) is 5.69 Å². The smallest absolute Gasteiger partial charge is 0.224 e. The summed E-state index contributed by atoms with van der Waals surface area (Å²) in [6.07, 6.45) is 4.93. The molecule has 6 heteroatoms. The van der Waals surface area contributed by atoms with Gasteiger partial charge < -0.3 is 14.2 Å². The summed E-state index contributed by atoms with van der Waals surface area (Å²) >= 11 is 0. The van der Waals surface area contributed by atoms with Crippen molar-refractivity contribution >= 4 is 17.2 Å². The highest BCUT2D eigenvalue weighted by molar-refractivity contribution is 5.91. The van der Waals surface area contributed by atoms with Gasteiger partial charge in [-0.1, -0.05) is 23.4 Å². The molecule has 4 rings (SSSR count). The number of imidazole rings is 1. The number of hydrogen-bond donors (Lipinski definition) is 1. The van der Waals surface area contributed by atoms with Crippen molar-refractivity contribution in [3.05, 3.63) is 71.9 Å². The Morgan fingerprint density at radius 2 is 2.07 bits per heavy atom. The Bertz CT molecular complexity index is 1060. The number of nitrogens with zero attached hydrogens (tertiary/aromatic N) is 3. The van der Waals surface area contributed by atoms with Crippen molar-refractivity contribution in [3.8, 4) is 11.3 Å². The van der Waals surface area contributed by atoms with E-state index >= 15 is 0 Å². The molecule has 3 aromatic heterocycles. The highest BCUT2D eigenvalue weighted by Crippen LogP contribution is 2.23. The maximum Gasteiger partial charge on any atom is 0.224 e. The molecule has 136 valence electrons. The van der Waals surface area contributed by atoms with Crippen LogP contribution in [-0.2, 0) is 11.2 Å². The Labute approximate surface area is 156 Å². The number of pyridine rings is 1. The van der Waals surface area contributed by atoms with Crippen LogP contribution in [0.3, 0.4) is 0 Å². The van der Waals surface area contributed by atoms with Crippen molar-refractivity contribution in [1.82, 2.24) is 14.5 Å². The van der Waals surface area contributed by atoms with E-state index in [1.54, 1.807) is 0 Å². The second-order valence-electron chi connectivity index (χ2n) is 6.52. The fraction of sp³-hybridized carbons (Fsp3) is 0.190. The second kappa shape index (κ2) is 7.07. The van der Waals surface area contributed by atoms with Gasteiger partial charge in [0.1, 0.15) is 11.4 Å². The van der Waals surface area contributed by atoms with E-state index in [1.807, 2.05) is 73.1 Å². The molecular formula is C21H20N4O2. The number of hydrogen-bond acceptors (Lipinski definition) is 4. The minimum Gasteiger partial charge on any atom is -0.361 e. The summed E-state index contributed by atoms with van der Waals surface area (Å²) in [5.41, 5.74) is 5.32. The molecule has 6 nitrogen and oxygen atoms in total. The summed E-state index contributed by atoms with van der Waals surface area (Å²) in [4.78, 5) is 17.0. The van der Waals surface area contributed by atoms with Gasteiger partial charge in [0.2, 0.25) is 5.91 Å². The van der Waals surface area contributed by atoms with Crippen LogP contribution in [0.5, 0.6) is 0 Å². The number of benzene rings is 1. The van der Waals surface area contributed by atoms with E-state index in [9.17, 15) is 4.79 Å². The molecule has 1 N–H and O–H groups in total. The van der Waals surface area contributed by atoms with Crippen LogP contribution in [0.15, 0.2) is 59.4 Å². The minimum atomic E-state index is -0.0397. The van der Waals surface area contributed by atoms with Crippen molar-refractivity contribution in [3.63, 3.8) is 0 Å². The Balaban J connectivity index is 1.46. The van der Waals surface area contributed by atoms with E-state index in [-0.39, 0.29) is 5.91 Å². The third-order valence-corrected chi connectivity index (χ3v) is 4.59. The summed E-state index contributed by atoms with van der Waals surface area (Å²) in [5.74, 6) is 0.733. The highest BCUT2D eigenvalue weighted by atomic mass is 16.5. The number of fused-ring (bicyclic) bond motifs is 1. The number of anilines is 1. The van der Waals surface area contributed by atoms with Gasteiger partial charge in [-0.05, 0) is 44.5 Å². The molecule has 0 saturated heterocycles. The summed E-state index contributed by atoms with van der Waals surface area (Å²) < 4.78 is 7.12. The summed E-state index contributed by atoms with van der Waals surface area (Å²) in [7, 11) is 0. The van der Waals surface area contributed by atoms with Crippen LogP contribution in [0, 0.1) is 13.8 Å². The van der Waals surface area contributed by atoms with Crippen LogP contribution >= 0.6 is 0 Å². The predicted molar refractivity (Wildman–Crippen MR) is 104 cm³/mol. The van der Waals surface area contributed by atoms with Crippen LogP contribution in [0.25, 0.3) is 16.9 Å². The molecule has 0 radical (unpaired) electrons. The Kier molecular flexibility index (Phi) is 4.46. The molecular weight excluding hydrogens is 340 g/mol. The molecule has 0 spiro atoms. The second-order valence-corrected chi connectivity index (χ2v) is 6.52. The number of rotatable bonds is 5. The van der Waals surface area contributed by atoms with Crippen molar-refractivity contribution in [2.24, 2.45) is 0 Å². The molecule has 0 aliphatic heterocycles. The lowest BCUT2D eigenvalue weighted by Gasteiger charge is -2.06. The van der Waals surface area contributed by atoms with Crippen molar-refractivity contribution in [2.75, 3.05) is 5.32 Å². The van der Waals surface area contributed by atoms with Crippen LogP contribution < -0.4 is 5.32 Å². The molecule has 3 heterocycles. The van der Waals surface area contributed by atoms with Crippen molar-refractivity contribution in [2.45, 2.75) is 26.7 Å². The Hall–Kier alpha value is -3.41. The van der Waals surface area contributed by atoms with E-state index in [4.69, 9.17) is 4.52 Å². The maximum absolute atomic E-state index is 12.3.